The maximum Gasteiger partial charge on any atom is 0.404 e. The molecule has 1 saturated heterocycles. The van der Waals surface area contributed by atoms with Gasteiger partial charge >= 0.3 is 6.09 Å². The van der Waals surface area contributed by atoms with Gasteiger partial charge in [-0.2, -0.15) is 0 Å². The zero-order valence-corrected chi connectivity index (χ0v) is 18.7. The monoisotopic (exact) mass is 426 g/mol. The van der Waals surface area contributed by atoms with Gasteiger partial charge in [-0.1, -0.05) is 55.2 Å². The van der Waals surface area contributed by atoms with Crippen molar-refractivity contribution >= 4 is 6.09 Å². The predicted octanol–water partition coefficient (Wildman–Crippen LogP) is 4.92. The molecule has 5 nitrogen and oxygen atoms in total. The van der Waals surface area contributed by atoms with Crippen molar-refractivity contribution in [2.24, 2.45) is 17.1 Å². The number of nitrogens with one attached hydrogen (secondary N) is 1. The predicted molar refractivity (Wildman–Crippen MR) is 123 cm³/mol. The lowest BCUT2D eigenvalue weighted by molar-refractivity contribution is -0.0367. The third-order valence-corrected chi connectivity index (χ3v) is 7.49. The van der Waals surface area contributed by atoms with Crippen LogP contribution in [0, 0.1) is 11.3 Å². The summed E-state index contributed by atoms with van der Waals surface area (Å²) >= 11 is 0. The number of nitrogens with two attached hydrogens (primary N) is 1. The second-order valence-electron chi connectivity index (χ2n) is 9.77. The highest BCUT2D eigenvalue weighted by atomic mass is 16.5. The van der Waals surface area contributed by atoms with Crippen LogP contribution in [0.5, 0.6) is 0 Å². The summed E-state index contributed by atoms with van der Waals surface area (Å²) in [5.74, 6) is 1.10. The van der Waals surface area contributed by atoms with Crippen molar-refractivity contribution < 1.29 is 14.3 Å². The van der Waals surface area contributed by atoms with Crippen LogP contribution < -0.4 is 11.1 Å². The maximum atomic E-state index is 11.1. The fourth-order valence-electron chi connectivity index (χ4n) is 5.55. The Bertz CT molecular complexity index is 736. The second-order valence-corrected chi connectivity index (χ2v) is 9.77. The van der Waals surface area contributed by atoms with Gasteiger partial charge in [0.25, 0.3) is 0 Å². The van der Waals surface area contributed by atoms with E-state index >= 15 is 0 Å². The summed E-state index contributed by atoms with van der Waals surface area (Å²) in [4.78, 5) is 11.1. The molecule has 5 heteroatoms. The number of allylic oxidation sites excluding steroid dienone is 1. The Hall–Kier alpha value is -1.85. The van der Waals surface area contributed by atoms with Crippen LogP contribution in [0.3, 0.4) is 0 Å². The zero-order valence-electron chi connectivity index (χ0n) is 18.7. The average molecular weight is 427 g/mol. The summed E-state index contributed by atoms with van der Waals surface area (Å²) < 4.78 is 11.6. The number of hydrogen-bond acceptors (Lipinski definition) is 4. The fraction of sp³-hybridized carbons (Fsp3) is 0.654. The first-order valence-corrected chi connectivity index (χ1v) is 12.1. The molecule has 2 saturated carbocycles. The van der Waals surface area contributed by atoms with E-state index < -0.39 is 6.09 Å². The highest BCUT2D eigenvalue weighted by Crippen LogP contribution is 2.55. The molecule has 0 unspecified atom stereocenters. The number of carbonyl (C=O) groups is 1. The van der Waals surface area contributed by atoms with Crippen molar-refractivity contribution in [1.82, 2.24) is 5.32 Å². The minimum absolute atomic E-state index is 0.172. The molecule has 3 fully saturated rings. The van der Waals surface area contributed by atoms with Crippen molar-refractivity contribution in [2.75, 3.05) is 26.3 Å². The standard InChI is InChI=1S/C26H38N2O3/c27-25(29)30-16-11-21(24-17-23(24)20-7-3-1-4-8-20)18-26(12-14-28-15-13-26)19-31-22-9-5-2-6-10-22/h1,3-4,7-8,11,22-24,28H,2,5-6,9-10,12-19H2,(H2,27,29)/t23-,24+/m1/s1. The summed E-state index contributed by atoms with van der Waals surface area (Å²) in [5, 5.41) is 3.53. The quantitative estimate of drug-likeness (QED) is 0.550. The molecule has 1 heterocycles. The fourth-order valence-corrected chi connectivity index (χ4v) is 5.55. The van der Waals surface area contributed by atoms with E-state index in [1.54, 1.807) is 0 Å². The molecular formula is C26H38N2O3. The number of ether oxygens (including phenoxy) is 2. The molecule has 2 atom stereocenters. The van der Waals surface area contributed by atoms with Gasteiger partial charge in [0.05, 0.1) is 12.7 Å². The molecule has 1 amide bonds. The van der Waals surface area contributed by atoms with Crippen LogP contribution in [0.2, 0.25) is 0 Å². The largest absolute Gasteiger partial charge is 0.445 e. The van der Waals surface area contributed by atoms with Crippen molar-refractivity contribution in [3.05, 3.63) is 47.5 Å². The van der Waals surface area contributed by atoms with Gasteiger partial charge in [-0.05, 0) is 80.5 Å². The van der Waals surface area contributed by atoms with E-state index in [4.69, 9.17) is 15.2 Å². The van der Waals surface area contributed by atoms with Crippen molar-refractivity contribution in [1.29, 1.82) is 0 Å². The van der Waals surface area contributed by atoms with Gasteiger partial charge in [0.2, 0.25) is 0 Å². The van der Waals surface area contributed by atoms with Gasteiger partial charge in [0.1, 0.15) is 6.61 Å². The molecule has 2 aliphatic carbocycles. The second kappa shape index (κ2) is 10.6. The third-order valence-electron chi connectivity index (χ3n) is 7.49. The molecule has 31 heavy (non-hydrogen) atoms. The molecule has 1 aromatic carbocycles. The number of hydrogen-bond donors (Lipinski definition) is 2. The maximum absolute atomic E-state index is 11.1. The van der Waals surface area contributed by atoms with Gasteiger partial charge in [-0.3, -0.25) is 0 Å². The molecule has 0 bridgehead atoms. The Kier molecular flexibility index (Phi) is 7.67. The van der Waals surface area contributed by atoms with E-state index in [2.05, 4.69) is 41.7 Å². The molecule has 3 aliphatic rings. The van der Waals surface area contributed by atoms with Gasteiger partial charge in [0, 0.05) is 0 Å². The lowest BCUT2D eigenvalue weighted by Crippen LogP contribution is -2.41. The lowest BCUT2D eigenvalue weighted by Gasteiger charge is -2.40. The first-order chi connectivity index (χ1) is 15.2. The molecule has 3 N–H and O–H groups in total. The van der Waals surface area contributed by atoms with Crippen molar-refractivity contribution in [3.63, 3.8) is 0 Å². The topological polar surface area (TPSA) is 73.6 Å². The van der Waals surface area contributed by atoms with Crippen molar-refractivity contribution in [3.8, 4) is 0 Å². The zero-order chi connectivity index (χ0) is 21.5. The highest BCUT2D eigenvalue weighted by Gasteiger charge is 2.44. The van der Waals surface area contributed by atoms with E-state index in [0.717, 1.165) is 39.0 Å². The molecular weight excluding hydrogens is 388 g/mol. The number of primary amides is 1. The minimum atomic E-state index is -0.705. The van der Waals surface area contributed by atoms with E-state index in [1.165, 1.54) is 49.7 Å². The average Bonchev–Trinajstić information content (AvgIpc) is 3.60. The molecule has 0 radical (unpaired) electrons. The van der Waals surface area contributed by atoms with Crippen LogP contribution >= 0.6 is 0 Å². The SMILES string of the molecule is NC(=O)OCC=C(CC1(COC2CCCCC2)CCNCC1)[C@@H]1C[C@@H]1c1ccccc1. The molecule has 170 valence electrons. The van der Waals surface area contributed by atoms with E-state index in [9.17, 15) is 4.79 Å². The van der Waals surface area contributed by atoms with E-state index in [0.29, 0.717) is 17.9 Å². The lowest BCUT2D eigenvalue weighted by atomic mass is 9.73. The van der Waals surface area contributed by atoms with Gasteiger partial charge in [-0.25, -0.2) is 4.79 Å². The number of carbonyl (C=O) groups excluding carboxylic acids is 1. The first kappa shape index (κ1) is 22.3. The van der Waals surface area contributed by atoms with Crippen LogP contribution in [0.1, 0.15) is 69.3 Å². The molecule has 0 spiro atoms. The Morgan fingerprint density at radius 3 is 2.58 bits per heavy atom. The van der Waals surface area contributed by atoms with E-state index in [1.807, 2.05) is 0 Å². The van der Waals surface area contributed by atoms with E-state index in [-0.39, 0.29) is 12.0 Å². The van der Waals surface area contributed by atoms with Crippen LogP contribution in [-0.4, -0.2) is 38.5 Å². The molecule has 1 aromatic rings. The van der Waals surface area contributed by atoms with Gasteiger partial charge < -0.3 is 20.5 Å². The highest BCUT2D eigenvalue weighted by molar-refractivity contribution is 5.64. The van der Waals surface area contributed by atoms with Crippen LogP contribution in [0.25, 0.3) is 0 Å². The molecule has 4 rings (SSSR count). The summed E-state index contributed by atoms with van der Waals surface area (Å²) in [6, 6.07) is 10.8. The summed E-state index contributed by atoms with van der Waals surface area (Å²) in [6.45, 7) is 3.20. The van der Waals surface area contributed by atoms with Crippen LogP contribution in [0.15, 0.2) is 42.0 Å². The number of amides is 1. The number of piperidine rings is 1. The number of benzene rings is 1. The summed E-state index contributed by atoms with van der Waals surface area (Å²) in [7, 11) is 0. The molecule has 0 aromatic heterocycles. The van der Waals surface area contributed by atoms with Crippen LogP contribution in [0.4, 0.5) is 4.79 Å². The Balaban J connectivity index is 1.46. The first-order valence-electron chi connectivity index (χ1n) is 12.1. The van der Waals surface area contributed by atoms with Crippen LogP contribution in [-0.2, 0) is 9.47 Å². The van der Waals surface area contributed by atoms with Crippen molar-refractivity contribution in [2.45, 2.75) is 69.8 Å². The minimum Gasteiger partial charge on any atom is -0.445 e. The smallest absolute Gasteiger partial charge is 0.404 e. The summed E-state index contributed by atoms with van der Waals surface area (Å²) in [6.07, 6.45) is 12.7. The Labute approximate surface area is 186 Å². The molecule has 1 aliphatic heterocycles. The van der Waals surface area contributed by atoms with Gasteiger partial charge in [0.15, 0.2) is 0 Å². The third kappa shape index (κ3) is 6.33. The normalized spacial score (nSPS) is 26.4. The van der Waals surface area contributed by atoms with Gasteiger partial charge in [-0.15, -0.1) is 0 Å². The summed E-state index contributed by atoms with van der Waals surface area (Å²) in [5.41, 5.74) is 8.21. The Morgan fingerprint density at radius 2 is 1.87 bits per heavy atom. The Morgan fingerprint density at radius 1 is 1.13 bits per heavy atom. The number of rotatable bonds is 9.